The van der Waals surface area contributed by atoms with E-state index in [2.05, 4.69) is 53.3 Å². The monoisotopic (exact) mass is 411 g/mol. The topological polar surface area (TPSA) is 39.6 Å². The number of rotatable bonds is 4. The fourth-order valence-corrected chi connectivity index (χ4v) is 4.63. The lowest BCUT2D eigenvalue weighted by atomic mass is 9.95. The predicted octanol–water partition coefficient (Wildman–Crippen LogP) is 4.50. The van der Waals surface area contributed by atoms with Crippen molar-refractivity contribution in [2.45, 2.75) is 19.9 Å². The Morgan fingerprint density at radius 3 is 2.42 bits per heavy atom. The molecular weight excluding hydrogens is 382 g/mol. The van der Waals surface area contributed by atoms with Crippen molar-refractivity contribution in [1.82, 2.24) is 14.8 Å². The maximum atomic E-state index is 9.77. The minimum absolute atomic E-state index is 0.309. The van der Waals surface area contributed by atoms with Crippen LogP contribution in [0.15, 0.2) is 60.8 Å². The zero-order valence-electron chi connectivity index (χ0n) is 18.3. The van der Waals surface area contributed by atoms with Gasteiger partial charge in [0.15, 0.2) is 0 Å². The van der Waals surface area contributed by atoms with Gasteiger partial charge in [0.25, 0.3) is 0 Å². The molecule has 0 radical (unpaired) electrons. The van der Waals surface area contributed by atoms with E-state index >= 15 is 0 Å². The van der Waals surface area contributed by atoms with E-state index in [4.69, 9.17) is 4.98 Å². The Morgan fingerprint density at radius 2 is 1.68 bits per heavy atom. The van der Waals surface area contributed by atoms with Crippen LogP contribution in [0.1, 0.15) is 27.9 Å². The van der Waals surface area contributed by atoms with Crippen molar-refractivity contribution >= 4 is 5.57 Å². The Hall–Kier alpha value is -2.95. The molecule has 2 aliphatic rings. The first-order valence-electron chi connectivity index (χ1n) is 11.1. The summed E-state index contributed by atoms with van der Waals surface area (Å²) in [5.74, 6) is 0.309. The van der Waals surface area contributed by atoms with Crippen LogP contribution in [0.5, 0.6) is 5.75 Å². The van der Waals surface area contributed by atoms with Crippen molar-refractivity contribution in [2.75, 3.05) is 33.2 Å². The van der Waals surface area contributed by atoms with E-state index in [9.17, 15) is 5.11 Å². The number of aromatic hydroxyl groups is 1. The second-order valence-corrected chi connectivity index (χ2v) is 8.82. The summed E-state index contributed by atoms with van der Waals surface area (Å²) in [6, 6.07) is 16.8. The summed E-state index contributed by atoms with van der Waals surface area (Å²) >= 11 is 0. The van der Waals surface area contributed by atoms with Gasteiger partial charge in [-0.15, -0.1) is 0 Å². The van der Waals surface area contributed by atoms with Gasteiger partial charge in [0.2, 0.25) is 0 Å². The number of aromatic nitrogens is 1. The van der Waals surface area contributed by atoms with Crippen LogP contribution in [0, 0.1) is 6.92 Å². The van der Waals surface area contributed by atoms with Crippen molar-refractivity contribution in [3.8, 4) is 16.9 Å². The first-order chi connectivity index (χ1) is 15.1. The molecular formula is C27H29N3O. The van der Waals surface area contributed by atoms with Gasteiger partial charge in [0.05, 0.1) is 5.69 Å². The minimum atomic E-state index is 0.309. The summed E-state index contributed by atoms with van der Waals surface area (Å²) in [4.78, 5) is 9.69. The lowest BCUT2D eigenvalue weighted by molar-refractivity contribution is 0.148. The molecule has 1 aliphatic heterocycles. The normalized spacial score (nSPS) is 16.9. The summed E-state index contributed by atoms with van der Waals surface area (Å²) in [6.45, 7) is 7.63. The second kappa shape index (κ2) is 8.29. The molecule has 1 saturated heterocycles. The van der Waals surface area contributed by atoms with Gasteiger partial charge in [-0.2, -0.15) is 0 Å². The van der Waals surface area contributed by atoms with Gasteiger partial charge in [0.1, 0.15) is 5.75 Å². The molecule has 1 fully saturated rings. The third-order valence-corrected chi connectivity index (χ3v) is 6.55. The SMILES string of the molecule is Cc1cc(O)ccc1C1=CCc2ncc(-c3ccc(CN4CCN(C)CC4)cc3)cc21. The number of allylic oxidation sites excluding steroid dienone is 1. The summed E-state index contributed by atoms with van der Waals surface area (Å²) in [6.07, 6.45) is 5.10. The molecule has 1 aromatic heterocycles. The van der Waals surface area contributed by atoms with Gasteiger partial charge in [-0.3, -0.25) is 9.88 Å². The number of aryl methyl sites for hydroxylation is 1. The molecule has 0 amide bonds. The van der Waals surface area contributed by atoms with Crippen LogP contribution >= 0.6 is 0 Å². The van der Waals surface area contributed by atoms with Crippen LogP contribution in [0.25, 0.3) is 16.7 Å². The highest BCUT2D eigenvalue weighted by Crippen LogP contribution is 2.36. The standard InChI is InChI=1S/C27H29N3O/c1-19-15-23(31)7-8-24(19)25-9-10-27-26(25)16-22(17-28-27)21-5-3-20(4-6-21)18-30-13-11-29(2)12-14-30/h3-9,15-17,31H,10-14,18H2,1-2H3. The number of hydrogen-bond donors (Lipinski definition) is 1. The number of nitrogens with zero attached hydrogens (tertiary/aromatic N) is 3. The number of hydrogen-bond acceptors (Lipinski definition) is 4. The van der Waals surface area contributed by atoms with Crippen LogP contribution in [0.4, 0.5) is 0 Å². The van der Waals surface area contributed by atoms with Crippen LogP contribution < -0.4 is 0 Å². The molecule has 2 heterocycles. The molecule has 3 aromatic rings. The van der Waals surface area contributed by atoms with E-state index in [1.807, 2.05) is 25.3 Å². The van der Waals surface area contributed by atoms with Crippen molar-refractivity contribution in [2.24, 2.45) is 0 Å². The molecule has 0 atom stereocenters. The molecule has 0 spiro atoms. The molecule has 0 bridgehead atoms. The number of piperazine rings is 1. The van der Waals surface area contributed by atoms with Crippen molar-refractivity contribution in [3.05, 3.63) is 88.8 Å². The van der Waals surface area contributed by atoms with Gasteiger partial charge >= 0.3 is 0 Å². The first kappa shape index (κ1) is 20.0. The molecule has 0 saturated carbocycles. The fourth-order valence-electron chi connectivity index (χ4n) is 4.63. The van der Waals surface area contributed by atoms with Gasteiger partial charge < -0.3 is 10.0 Å². The highest BCUT2D eigenvalue weighted by atomic mass is 16.3. The molecule has 4 heteroatoms. The number of fused-ring (bicyclic) bond motifs is 1. The molecule has 31 heavy (non-hydrogen) atoms. The minimum Gasteiger partial charge on any atom is -0.508 e. The fraction of sp³-hybridized carbons (Fsp3) is 0.296. The molecule has 2 aromatic carbocycles. The van der Waals surface area contributed by atoms with E-state index in [1.54, 1.807) is 6.07 Å². The van der Waals surface area contributed by atoms with Crippen molar-refractivity contribution in [1.29, 1.82) is 0 Å². The maximum absolute atomic E-state index is 9.77. The van der Waals surface area contributed by atoms with Crippen LogP contribution in [0.2, 0.25) is 0 Å². The molecule has 0 unspecified atom stereocenters. The molecule has 1 aliphatic carbocycles. The Labute approximate surface area is 184 Å². The average molecular weight is 412 g/mol. The van der Waals surface area contributed by atoms with Gasteiger partial charge in [-0.05, 0) is 60.0 Å². The smallest absolute Gasteiger partial charge is 0.115 e. The third kappa shape index (κ3) is 4.14. The van der Waals surface area contributed by atoms with Crippen LogP contribution in [-0.4, -0.2) is 53.1 Å². The third-order valence-electron chi connectivity index (χ3n) is 6.55. The molecule has 1 N–H and O–H groups in total. The summed E-state index contributed by atoms with van der Waals surface area (Å²) in [7, 11) is 2.19. The highest BCUT2D eigenvalue weighted by molar-refractivity contribution is 5.87. The number of benzene rings is 2. The van der Waals surface area contributed by atoms with E-state index in [0.29, 0.717) is 5.75 Å². The second-order valence-electron chi connectivity index (χ2n) is 8.82. The van der Waals surface area contributed by atoms with Crippen molar-refractivity contribution in [3.63, 3.8) is 0 Å². The lowest BCUT2D eigenvalue weighted by Gasteiger charge is -2.32. The number of likely N-dealkylation sites (N-methyl/N-ethyl adjacent to an activating group) is 1. The largest absolute Gasteiger partial charge is 0.508 e. The van der Waals surface area contributed by atoms with Gasteiger partial charge in [-0.25, -0.2) is 0 Å². The zero-order chi connectivity index (χ0) is 21.4. The molecule has 4 nitrogen and oxygen atoms in total. The number of pyridine rings is 1. The van der Waals surface area contributed by atoms with E-state index in [-0.39, 0.29) is 0 Å². The first-order valence-corrected chi connectivity index (χ1v) is 11.1. The number of phenols is 1. The molecule has 5 rings (SSSR count). The molecule has 158 valence electrons. The van der Waals surface area contributed by atoms with Gasteiger partial charge in [0, 0.05) is 56.5 Å². The lowest BCUT2D eigenvalue weighted by Crippen LogP contribution is -2.43. The van der Waals surface area contributed by atoms with Crippen LogP contribution in [-0.2, 0) is 13.0 Å². The summed E-state index contributed by atoms with van der Waals surface area (Å²) in [5, 5.41) is 9.77. The Balaban J connectivity index is 1.37. The van der Waals surface area contributed by atoms with E-state index in [1.165, 1.54) is 22.3 Å². The Kier molecular flexibility index (Phi) is 5.34. The Bertz CT molecular complexity index is 1130. The maximum Gasteiger partial charge on any atom is 0.115 e. The van der Waals surface area contributed by atoms with Gasteiger partial charge in [-0.1, -0.05) is 36.4 Å². The summed E-state index contributed by atoms with van der Waals surface area (Å²) in [5.41, 5.74) is 9.50. The number of phenolic OH excluding ortho intramolecular Hbond substituents is 1. The Morgan fingerprint density at radius 1 is 0.903 bits per heavy atom. The van der Waals surface area contributed by atoms with E-state index in [0.717, 1.165) is 61.5 Å². The zero-order valence-corrected chi connectivity index (χ0v) is 18.3. The summed E-state index contributed by atoms with van der Waals surface area (Å²) < 4.78 is 0. The predicted molar refractivity (Wildman–Crippen MR) is 126 cm³/mol. The average Bonchev–Trinajstić information content (AvgIpc) is 3.19. The quantitative estimate of drug-likeness (QED) is 0.686. The highest BCUT2D eigenvalue weighted by Gasteiger charge is 2.19. The van der Waals surface area contributed by atoms with Crippen molar-refractivity contribution < 1.29 is 5.11 Å². The van der Waals surface area contributed by atoms with Crippen LogP contribution in [0.3, 0.4) is 0 Å². The van der Waals surface area contributed by atoms with E-state index < -0.39 is 0 Å².